The second kappa shape index (κ2) is 36.4. The lowest BCUT2D eigenvalue weighted by atomic mass is 10.0. The normalized spacial score (nSPS) is 11.2. The average molecular weight is 637 g/mol. The van der Waals surface area contributed by atoms with E-state index in [1.165, 1.54) is 167 Å². The molecule has 0 N–H and O–H groups in total. The molecule has 44 heavy (non-hydrogen) atoms. The fourth-order valence-electron chi connectivity index (χ4n) is 5.95. The standard InChI is InChI=1S/C39H76O4Si/c1-4-7-9-11-13-15-17-19-21-23-25-27-29-31-33-35-38(40)42-44(37-6-3)43-39(41)36-34-32-30-28-26-24-22-20-18-16-14-12-10-8-5-2/h6,44H,3-5,7-37H2,1-2H3. The van der Waals surface area contributed by atoms with Gasteiger partial charge in [-0.2, -0.15) is 0 Å². The van der Waals surface area contributed by atoms with Crippen LogP contribution in [0.2, 0.25) is 6.04 Å². The molecule has 5 heteroatoms. The minimum Gasteiger partial charge on any atom is -0.487 e. The monoisotopic (exact) mass is 637 g/mol. The maximum Gasteiger partial charge on any atom is 0.451 e. The summed E-state index contributed by atoms with van der Waals surface area (Å²) < 4.78 is 11.2. The van der Waals surface area contributed by atoms with Crippen LogP contribution in [0.4, 0.5) is 0 Å². The van der Waals surface area contributed by atoms with E-state index in [0.717, 1.165) is 25.7 Å². The molecule has 0 atom stereocenters. The second-order valence-corrected chi connectivity index (χ2v) is 15.1. The molecule has 0 aliphatic rings. The molecule has 0 aliphatic heterocycles. The summed E-state index contributed by atoms with van der Waals surface area (Å²) in [6.07, 6.45) is 41.7. The summed E-state index contributed by atoms with van der Waals surface area (Å²) in [5.74, 6) is -0.420. The average Bonchev–Trinajstić information content (AvgIpc) is 3.01. The first-order valence-electron chi connectivity index (χ1n) is 19.6. The highest BCUT2D eigenvalue weighted by Crippen LogP contribution is 2.16. The third-order valence-corrected chi connectivity index (χ3v) is 10.6. The fourth-order valence-corrected chi connectivity index (χ4v) is 7.28. The van der Waals surface area contributed by atoms with Crippen LogP contribution in [0.1, 0.15) is 219 Å². The Morgan fingerprint density at radius 1 is 0.432 bits per heavy atom. The van der Waals surface area contributed by atoms with Gasteiger partial charge in [-0.25, -0.2) is 0 Å². The Hall–Kier alpha value is -1.10. The SMILES string of the molecule is C=CC[SiH](OC(=O)CCCCCCCCCCCCCCCCC)OC(=O)CCCCCCCCCCCCCCCCC. The van der Waals surface area contributed by atoms with Crippen molar-refractivity contribution in [3.8, 4) is 0 Å². The molecule has 0 aromatic rings. The lowest BCUT2D eigenvalue weighted by Gasteiger charge is -2.15. The Labute approximate surface area is 277 Å². The Morgan fingerprint density at radius 2 is 0.659 bits per heavy atom. The van der Waals surface area contributed by atoms with Gasteiger partial charge in [0.25, 0.3) is 11.9 Å². The summed E-state index contributed by atoms with van der Waals surface area (Å²) in [7, 11) is -2.36. The Balaban J connectivity index is 3.61. The number of hydrogen-bond acceptors (Lipinski definition) is 4. The predicted octanol–water partition coefficient (Wildman–Crippen LogP) is 13.0. The van der Waals surface area contributed by atoms with Crippen LogP contribution >= 0.6 is 0 Å². The molecule has 0 radical (unpaired) electrons. The molecule has 0 unspecified atom stereocenters. The van der Waals surface area contributed by atoms with Crippen molar-refractivity contribution in [2.45, 2.75) is 225 Å². The van der Waals surface area contributed by atoms with Crippen LogP contribution in [0.25, 0.3) is 0 Å². The van der Waals surface area contributed by atoms with Gasteiger partial charge in [0.1, 0.15) is 0 Å². The molecule has 4 nitrogen and oxygen atoms in total. The quantitative estimate of drug-likeness (QED) is 0.0390. The highest BCUT2D eigenvalue weighted by Gasteiger charge is 2.21. The molecular weight excluding hydrogens is 561 g/mol. The van der Waals surface area contributed by atoms with Crippen molar-refractivity contribution in [2.24, 2.45) is 0 Å². The van der Waals surface area contributed by atoms with Gasteiger partial charge in [-0.05, 0) is 12.8 Å². The molecular formula is C39H76O4Si. The van der Waals surface area contributed by atoms with Gasteiger partial charge < -0.3 is 8.85 Å². The third-order valence-electron chi connectivity index (χ3n) is 8.85. The first-order valence-corrected chi connectivity index (χ1v) is 21.4. The van der Waals surface area contributed by atoms with Crippen LogP contribution in [0.5, 0.6) is 0 Å². The molecule has 0 saturated carbocycles. The summed E-state index contributed by atoms with van der Waals surface area (Å²) >= 11 is 0. The Kier molecular flexibility index (Phi) is 35.5. The highest BCUT2D eigenvalue weighted by molar-refractivity contribution is 6.49. The van der Waals surface area contributed by atoms with E-state index in [0.29, 0.717) is 18.9 Å². The molecule has 260 valence electrons. The third kappa shape index (κ3) is 33.8. The zero-order valence-electron chi connectivity index (χ0n) is 29.8. The van der Waals surface area contributed by atoms with Crippen LogP contribution in [0.15, 0.2) is 12.7 Å². The summed E-state index contributed by atoms with van der Waals surface area (Å²) in [5, 5.41) is 0. The lowest BCUT2D eigenvalue weighted by molar-refractivity contribution is -0.140. The fraction of sp³-hybridized carbons (Fsp3) is 0.897. The summed E-state index contributed by atoms with van der Waals surface area (Å²) in [6, 6.07) is 0.481. The van der Waals surface area contributed by atoms with Gasteiger partial charge in [0.2, 0.25) is 0 Å². The zero-order chi connectivity index (χ0) is 32.2. The van der Waals surface area contributed by atoms with Crippen molar-refractivity contribution in [1.29, 1.82) is 0 Å². The van der Waals surface area contributed by atoms with Crippen molar-refractivity contribution in [2.75, 3.05) is 0 Å². The van der Waals surface area contributed by atoms with Crippen molar-refractivity contribution in [3.63, 3.8) is 0 Å². The van der Waals surface area contributed by atoms with Gasteiger partial charge in [-0.3, -0.25) is 9.59 Å². The van der Waals surface area contributed by atoms with E-state index < -0.39 is 9.28 Å². The van der Waals surface area contributed by atoms with Crippen LogP contribution < -0.4 is 0 Å². The van der Waals surface area contributed by atoms with Crippen molar-refractivity contribution < 1.29 is 18.4 Å². The van der Waals surface area contributed by atoms with E-state index in [-0.39, 0.29) is 11.9 Å². The minimum atomic E-state index is -2.36. The molecule has 0 saturated heterocycles. The number of hydrogen-bond donors (Lipinski definition) is 0. The van der Waals surface area contributed by atoms with Gasteiger partial charge in [0.05, 0.1) is 0 Å². The van der Waals surface area contributed by atoms with E-state index in [1.54, 1.807) is 6.08 Å². The first kappa shape index (κ1) is 42.9. The molecule has 0 amide bonds. The van der Waals surface area contributed by atoms with Crippen molar-refractivity contribution in [3.05, 3.63) is 12.7 Å². The van der Waals surface area contributed by atoms with Gasteiger partial charge in [0, 0.05) is 18.9 Å². The molecule has 0 heterocycles. The topological polar surface area (TPSA) is 52.6 Å². The van der Waals surface area contributed by atoms with Gasteiger partial charge in [0.15, 0.2) is 0 Å². The molecule has 0 spiro atoms. The van der Waals surface area contributed by atoms with E-state index in [2.05, 4.69) is 20.4 Å². The second-order valence-electron chi connectivity index (χ2n) is 13.3. The summed E-state index contributed by atoms with van der Waals surface area (Å²) in [5.41, 5.74) is 0. The molecule has 0 rings (SSSR count). The van der Waals surface area contributed by atoms with Crippen LogP contribution in [-0.2, 0) is 18.4 Å². The Morgan fingerprint density at radius 3 is 0.886 bits per heavy atom. The summed E-state index contributed by atoms with van der Waals surface area (Å²) in [6.45, 7) is 8.31. The van der Waals surface area contributed by atoms with Crippen LogP contribution in [0, 0.1) is 0 Å². The predicted molar refractivity (Wildman–Crippen MR) is 193 cm³/mol. The van der Waals surface area contributed by atoms with Crippen LogP contribution in [-0.4, -0.2) is 21.2 Å². The van der Waals surface area contributed by atoms with Gasteiger partial charge in [-0.15, -0.1) is 6.58 Å². The molecule has 0 fully saturated rings. The minimum absolute atomic E-state index is 0.210. The Bertz CT molecular complexity index is 575. The number of rotatable bonds is 36. The molecule has 0 bridgehead atoms. The van der Waals surface area contributed by atoms with Crippen LogP contribution in [0.3, 0.4) is 0 Å². The van der Waals surface area contributed by atoms with Crippen molar-refractivity contribution in [1.82, 2.24) is 0 Å². The number of carbonyl (C=O) groups is 2. The molecule has 0 aromatic carbocycles. The maximum absolute atomic E-state index is 12.3. The van der Waals surface area contributed by atoms with E-state index in [4.69, 9.17) is 8.85 Å². The van der Waals surface area contributed by atoms with E-state index >= 15 is 0 Å². The van der Waals surface area contributed by atoms with Gasteiger partial charge >= 0.3 is 9.28 Å². The zero-order valence-corrected chi connectivity index (χ0v) is 31.0. The van der Waals surface area contributed by atoms with E-state index in [1.807, 2.05) is 0 Å². The highest BCUT2D eigenvalue weighted by atomic mass is 28.3. The van der Waals surface area contributed by atoms with Gasteiger partial charge in [-0.1, -0.05) is 200 Å². The number of unbranched alkanes of at least 4 members (excludes halogenated alkanes) is 28. The molecule has 0 aromatic heterocycles. The van der Waals surface area contributed by atoms with Crippen molar-refractivity contribution >= 4 is 21.2 Å². The smallest absolute Gasteiger partial charge is 0.451 e. The first-order chi connectivity index (χ1) is 21.6. The number of carbonyl (C=O) groups excluding carboxylic acids is 2. The largest absolute Gasteiger partial charge is 0.487 e. The summed E-state index contributed by atoms with van der Waals surface area (Å²) in [4.78, 5) is 24.7. The molecule has 0 aliphatic carbocycles. The van der Waals surface area contributed by atoms with E-state index in [9.17, 15) is 9.59 Å². The number of allylic oxidation sites excluding steroid dienone is 1. The lowest BCUT2D eigenvalue weighted by Crippen LogP contribution is -2.28. The maximum atomic E-state index is 12.3.